The average molecular weight is 370 g/mol. The largest absolute Gasteiger partial charge is 0.459 e. The van der Waals surface area contributed by atoms with Crippen molar-refractivity contribution in [3.63, 3.8) is 0 Å². The molecule has 27 heavy (non-hydrogen) atoms. The zero-order chi connectivity index (χ0) is 19.2. The predicted molar refractivity (Wildman–Crippen MR) is 101 cm³/mol. The number of carbonyl (C=O) groups is 1. The number of carbonyl (C=O) groups excluding carboxylic acids is 1. The van der Waals surface area contributed by atoms with Gasteiger partial charge in [0.2, 0.25) is 17.5 Å². The molecule has 3 heterocycles. The van der Waals surface area contributed by atoms with Crippen molar-refractivity contribution in [1.29, 1.82) is 5.26 Å². The topological polar surface area (TPSA) is 86.5 Å². The van der Waals surface area contributed by atoms with E-state index in [1.165, 1.54) is 0 Å². The highest BCUT2D eigenvalue weighted by Gasteiger charge is 2.31. The molecule has 1 fully saturated rings. The molecular formula is C20H26N4O3. The fourth-order valence-corrected chi connectivity index (χ4v) is 3.47. The zero-order valence-electron chi connectivity index (χ0n) is 16.0. The molecular weight excluding hydrogens is 344 g/mol. The Hall–Kier alpha value is -2.75. The number of amides is 1. The Morgan fingerprint density at radius 3 is 2.78 bits per heavy atom. The van der Waals surface area contributed by atoms with Gasteiger partial charge in [0.1, 0.15) is 6.07 Å². The number of nitrogens with zero attached hydrogens (tertiary/aromatic N) is 4. The number of hydrogen-bond acceptors (Lipinski definition) is 6. The Morgan fingerprint density at radius 2 is 2.19 bits per heavy atom. The van der Waals surface area contributed by atoms with Crippen molar-refractivity contribution >= 4 is 11.8 Å². The quantitative estimate of drug-likeness (QED) is 0.739. The first-order chi connectivity index (χ1) is 13.2. The van der Waals surface area contributed by atoms with Crippen molar-refractivity contribution in [2.75, 3.05) is 31.1 Å². The van der Waals surface area contributed by atoms with E-state index < -0.39 is 0 Å². The Morgan fingerprint density at radius 1 is 1.41 bits per heavy atom. The second-order valence-electron chi connectivity index (χ2n) is 6.79. The number of piperidine rings is 1. The first kappa shape index (κ1) is 19.0. The summed E-state index contributed by atoms with van der Waals surface area (Å²) >= 11 is 0. The maximum absolute atomic E-state index is 12.8. The Labute approximate surface area is 159 Å². The molecule has 0 atom stereocenters. The van der Waals surface area contributed by atoms with Crippen LogP contribution in [-0.2, 0) is 4.79 Å². The number of hydrogen-bond donors (Lipinski definition) is 0. The molecule has 0 aliphatic carbocycles. The van der Waals surface area contributed by atoms with Crippen molar-refractivity contribution in [2.45, 2.75) is 39.5 Å². The molecule has 1 aliphatic rings. The lowest BCUT2D eigenvalue weighted by Gasteiger charge is -2.33. The second kappa shape index (κ2) is 8.76. The molecule has 0 radical (unpaired) electrons. The third kappa shape index (κ3) is 4.16. The zero-order valence-corrected chi connectivity index (χ0v) is 16.0. The number of anilines is 1. The predicted octanol–water partition coefficient (Wildman–Crippen LogP) is 3.67. The molecule has 0 spiro atoms. The summed E-state index contributed by atoms with van der Waals surface area (Å²) in [6, 6.07) is 5.59. The third-order valence-corrected chi connectivity index (χ3v) is 5.05. The standard InChI is InChI=1S/C20H26N4O3/c1-3-5-10-23(4-2)19(25)15-8-11-24(12-9-15)20-16(14-21)22-18(27-20)17-7-6-13-26-17/h6-7,13,15H,3-5,8-12H2,1-2H3. The van der Waals surface area contributed by atoms with E-state index in [1.54, 1.807) is 18.4 Å². The fraction of sp³-hybridized carbons (Fsp3) is 0.550. The molecule has 1 saturated heterocycles. The van der Waals surface area contributed by atoms with Crippen LogP contribution in [-0.4, -0.2) is 42.0 Å². The average Bonchev–Trinajstić information content (AvgIpc) is 3.38. The van der Waals surface area contributed by atoms with Crippen LogP contribution in [0.3, 0.4) is 0 Å². The molecule has 0 aromatic carbocycles. The van der Waals surface area contributed by atoms with Gasteiger partial charge in [0.15, 0.2) is 5.76 Å². The first-order valence-electron chi connectivity index (χ1n) is 9.66. The van der Waals surface area contributed by atoms with E-state index in [0.29, 0.717) is 30.6 Å². The van der Waals surface area contributed by atoms with Crippen LogP contribution in [0.15, 0.2) is 27.2 Å². The van der Waals surface area contributed by atoms with Crippen molar-refractivity contribution in [3.8, 4) is 17.7 Å². The number of unbranched alkanes of at least 4 members (excludes halogenated alkanes) is 1. The summed E-state index contributed by atoms with van der Waals surface area (Å²) in [5.41, 5.74) is 0.254. The molecule has 2 aromatic rings. The molecule has 0 bridgehead atoms. The van der Waals surface area contributed by atoms with Crippen LogP contribution < -0.4 is 4.90 Å². The number of oxazole rings is 1. The van der Waals surface area contributed by atoms with Crippen molar-refractivity contribution < 1.29 is 13.6 Å². The Balaban J connectivity index is 1.65. The van der Waals surface area contributed by atoms with Gasteiger partial charge in [0.05, 0.1) is 6.26 Å². The van der Waals surface area contributed by atoms with Crippen LogP contribution >= 0.6 is 0 Å². The van der Waals surface area contributed by atoms with E-state index in [4.69, 9.17) is 8.83 Å². The van der Waals surface area contributed by atoms with E-state index in [2.05, 4.69) is 18.0 Å². The van der Waals surface area contributed by atoms with Crippen LogP contribution in [0.2, 0.25) is 0 Å². The van der Waals surface area contributed by atoms with Gasteiger partial charge >= 0.3 is 0 Å². The van der Waals surface area contributed by atoms with Crippen molar-refractivity contribution in [1.82, 2.24) is 9.88 Å². The molecule has 1 amide bonds. The minimum Gasteiger partial charge on any atom is -0.459 e. The normalized spacial score (nSPS) is 14.9. The minimum absolute atomic E-state index is 0.0380. The second-order valence-corrected chi connectivity index (χ2v) is 6.79. The number of nitriles is 1. The van der Waals surface area contributed by atoms with Gasteiger partial charge in [-0.05, 0) is 38.3 Å². The highest BCUT2D eigenvalue weighted by Crippen LogP contribution is 2.31. The summed E-state index contributed by atoms with van der Waals surface area (Å²) < 4.78 is 11.1. The lowest BCUT2D eigenvalue weighted by Crippen LogP contribution is -2.43. The molecule has 2 aromatic heterocycles. The molecule has 3 rings (SSSR count). The van der Waals surface area contributed by atoms with Crippen LogP contribution in [0, 0.1) is 17.2 Å². The Bertz CT molecular complexity index is 783. The van der Waals surface area contributed by atoms with Gasteiger partial charge in [0.25, 0.3) is 5.89 Å². The van der Waals surface area contributed by atoms with Crippen molar-refractivity contribution in [3.05, 3.63) is 24.1 Å². The molecule has 0 N–H and O–H groups in total. The van der Waals surface area contributed by atoms with Gasteiger partial charge in [-0.2, -0.15) is 10.2 Å². The molecule has 0 saturated carbocycles. The molecule has 144 valence electrons. The van der Waals surface area contributed by atoms with Crippen LogP contribution in [0.4, 0.5) is 5.88 Å². The summed E-state index contributed by atoms with van der Waals surface area (Å²) in [4.78, 5) is 21.0. The fourth-order valence-electron chi connectivity index (χ4n) is 3.47. The molecule has 7 heteroatoms. The third-order valence-electron chi connectivity index (χ3n) is 5.05. The lowest BCUT2D eigenvalue weighted by atomic mass is 9.95. The van der Waals surface area contributed by atoms with Gasteiger partial charge in [-0.15, -0.1) is 0 Å². The maximum atomic E-state index is 12.8. The summed E-state index contributed by atoms with van der Waals surface area (Å²) in [6.07, 6.45) is 5.17. The van der Waals surface area contributed by atoms with Crippen LogP contribution in [0.5, 0.6) is 0 Å². The molecule has 0 unspecified atom stereocenters. The van der Waals surface area contributed by atoms with Gasteiger partial charge in [-0.1, -0.05) is 13.3 Å². The number of rotatable bonds is 7. The van der Waals surface area contributed by atoms with Gasteiger partial charge in [-0.25, -0.2) is 0 Å². The Kier molecular flexibility index (Phi) is 6.17. The summed E-state index contributed by atoms with van der Waals surface area (Å²) in [5, 5.41) is 9.40. The van der Waals surface area contributed by atoms with Gasteiger partial charge in [-0.3, -0.25) is 4.79 Å². The maximum Gasteiger partial charge on any atom is 0.266 e. The summed E-state index contributed by atoms with van der Waals surface area (Å²) in [5.74, 6) is 1.56. The highest BCUT2D eigenvalue weighted by molar-refractivity contribution is 5.79. The monoisotopic (exact) mass is 370 g/mol. The van der Waals surface area contributed by atoms with Gasteiger partial charge < -0.3 is 18.6 Å². The lowest BCUT2D eigenvalue weighted by molar-refractivity contribution is -0.136. The smallest absolute Gasteiger partial charge is 0.266 e. The van der Waals surface area contributed by atoms with Crippen LogP contribution in [0.25, 0.3) is 11.7 Å². The van der Waals surface area contributed by atoms with E-state index in [9.17, 15) is 10.1 Å². The summed E-state index contributed by atoms with van der Waals surface area (Å²) in [6.45, 7) is 7.10. The van der Waals surface area contributed by atoms with Crippen molar-refractivity contribution in [2.24, 2.45) is 5.92 Å². The van der Waals surface area contributed by atoms with Crippen LogP contribution in [0.1, 0.15) is 45.2 Å². The van der Waals surface area contributed by atoms with E-state index >= 15 is 0 Å². The summed E-state index contributed by atoms with van der Waals surface area (Å²) in [7, 11) is 0. The number of furan rings is 1. The number of aromatic nitrogens is 1. The minimum atomic E-state index is 0.0380. The van der Waals surface area contributed by atoms with E-state index in [0.717, 1.165) is 38.8 Å². The molecule has 1 aliphatic heterocycles. The van der Waals surface area contributed by atoms with Gasteiger partial charge in [0, 0.05) is 32.1 Å². The van der Waals surface area contributed by atoms with E-state index in [1.807, 2.05) is 16.7 Å². The highest BCUT2D eigenvalue weighted by atomic mass is 16.4. The SMILES string of the molecule is CCCCN(CC)C(=O)C1CCN(c2oc(-c3ccco3)nc2C#N)CC1. The molecule has 7 nitrogen and oxygen atoms in total. The van der Waals surface area contributed by atoms with E-state index in [-0.39, 0.29) is 17.5 Å². The first-order valence-corrected chi connectivity index (χ1v) is 9.66.